The Labute approximate surface area is 102 Å². The van der Waals surface area contributed by atoms with Crippen LogP contribution in [-0.4, -0.2) is 22.3 Å². The largest absolute Gasteiger partial charge is 0.481 e. The zero-order valence-corrected chi connectivity index (χ0v) is 9.83. The van der Waals surface area contributed by atoms with Crippen molar-refractivity contribution in [3.63, 3.8) is 0 Å². The van der Waals surface area contributed by atoms with Gasteiger partial charge in [0, 0.05) is 17.8 Å². The number of hydrogen-bond donors (Lipinski definition) is 0. The molecule has 0 fully saturated rings. The highest BCUT2D eigenvalue weighted by molar-refractivity contribution is 6.33. The Kier molecular flexibility index (Phi) is 3.22. The van der Waals surface area contributed by atoms with E-state index in [4.69, 9.17) is 27.9 Å². The first-order chi connectivity index (χ1) is 7.70. The van der Waals surface area contributed by atoms with Crippen LogP contribution in [0.25, 0.3) is 11.1 Å². The Balaban J connectivity index is 2.53. The Morgan fingerprint density at radius 3 is 2.75 bits per heavy atom. The monoisotopic (exact) mass is 255 g/mol. The smallest absolute Gasteiger partial charge is 0.213 e. The quantitative estimate of drug-likeness (QED) is 0.828. The maximum absolute atomic E-state index is 5.93. The molecule has 0 spiro atoms. The van der Waals surface area contributed by atoms with E-state index in [2.05, 4.69) is 15.2 Å². The fourth-order valence-electron chi connectivity index (χ4n) is 1.24. The molecule has 0 radical (unpaired) electrons. The summed E-state index contributed by atoms with van der Waals surface area (Å²) in [4.78, 5) is 4.00. The van der Waals surface area contributed by atoms with Gasteiger partial charge in [0.1, 0.15) is 0 Å². The molecule has 0 aliphatic carbocycles. The van der Waals surface area contributed by atoms with E-state index in [1.165, 1.54) is 0 Å². The van der Waals surface area contributed by atoms with Crippen LogP contribution >= 0.6 is 23.2 Å². The average molecular weight is 256 g/mol. The van der Waals surface area contributed by atoms with Gasteiger partial charge in [-0.25, -0.2) is 4.98 Å². The van der Waals surface area contributed by atoms with E-state index in [0.29, 0.717) is 11.4 Å². The van der Waals surface area contributed by atoms with Crippen molar-refractivity contribution in [3.05, 3.63) is 34.7 Å². The zero-order chi connectivity index (χ0) is 11.5. The molecule has 2 aromatic heterocycles. The van der Waals surface area contributed by atoms with Crippen molar-refractivity contribution >= 4 is 23.2 Å². The summed E-state index contributed by atoms with van der Waals surface area (Å²) in [5, 5.41) is 7.95. The SMILES string of the molecule is COc1cc(-c2cc(Cl)nnc2Cl)ccn1. The van der Waals surface area contributed by atoms with Crippen molar-refractivity contribution in [1.82, 2.24) is 15.2 Å². The van der Waals surface area contributed by atoms with Crippen molar-refractivity contribution < 1.29 is 4.74 Å². The lowest BCUT2D eigenvalue weighted by Gasteiger charge is -2.04. The molecule has 0 aliphatic rings. The summed E-state index contributed by atoms with van der Waals surface area (Å²) in [6, 6.07) is 5.19. The minimum atomic E-state index is 0.287. The van der Waals surface area contributed by atoms with Gasteiger partial charge >= 0.3 is 0 Å². The van der Waals surface area contributed by atoms with Crippen LogP contribution in [0.1, 0.15) is 0 Å². The first-order valence-corrected chi connectivity index (χ1v) is 5.15. The minimum absolute atomic E-state index is 0.287. The third-order valence-corrected chi connectivity index (χ3v) is 2.44. The lowest BCUT2D eigenvalue weighted by Crippen LogP contribution is -1.90. The minimum Gasteiger partial charge on any atom is -0.481 e. The molecular weight excluding hydrogens is 249 g/mol. The molecule has 0 unspecified atom stereocenters. The topological polar surface area (TPSA) is 47.9 Å². The Morgan fingerprint density at radius 2 is 2.00 bits per heavy atom. The molecule has 4 nitrogen and oxygen atoms in total. The van der Waals surface area contributed by atoms with Crippen molar-refractivity contribution in [2.45, 2.75) is 0 Å². The maximum atomic E-state index is 5.93. The first kappa shape index (κ1) is 11.1. The zero-order valence-electron chi connectivity index (χ0n) is 8.32. The number of ether oxygens (including phenoxy) is 1. The molecule has 0 aliphatic heterocycles. The molecule has 0 atom stereocenters. The predicted molar refractivity (Wildman–Crippen MR) is 61.8 cm³/mol. The number of pyridine rings is 1. The Bertz CT molecular complexity index is 519. The number of hydrogen-bond acceptors (Lipinski definition) is 4. The molecule has 0 saturated heterocycles. The van der Waals surface area contributed by atoms with Gasteiger partial charge in [-0.15, -0.1) is 10.2 Å². The molecular formula is C10H7Cl2N3O. The van der Waals surface area contributed by atoms with Gasteiger partial charge < -0.3 is 4.74 Å². The molecule has 0 N–H and O–H groups in total. The van der Waals surface area contributed by atoms with Crippen LogP contribution in [0.2, 0.25) is 10.3 Å². The van der Waals surface area contributed by atoms with Crippen LogP contribution < -0.4 is 4.74 Å². The van der Waals surface area contributed by atoms with Crippen LogP contribution in [0.3, 0.4) is 0 Å². The Hall–Kier alpha value is -1.39. The second-order valence-corrected chi connectivity index (χ2v) is 3.70. The summed E-state index contributed by atoms with van der Waals surface area (Å²) < 4.78 is 5.02. The predicted octanol–water partition coefficient (Wildman–Crippen LogP) is 2.85. The second kappa shape index (κ2) is 4.63. The molecule has 82 valence electrons. The summed E-state index contributed by atoms with van der Waals surface area (Å²) in [6.45, 7) is 0. The van der Waals surface area contributed by atoms with E-state index in [1.54, 1.807) is 31.5 Å². The van der Waals surface area contributed by atoms with Crippen LogP contribution in [0.5, 0.6) is 5.88 Å². The number of halogens is 2. The van der Waals surface area contributed by atoms with E-state index >= 15 is 0 Å². The van der Waals surface area contributed by atoms with E-state index in [9.17, 15) is 0 Å². The molecule has 0 saturated carbocycles. The summed E-state index contributed by atoms with van der Waals surface area (Å²) in [5.41, 5.74) is 1.52. The van der Waals surface area contributed by atoms with Gasteiger partial charge in [-0.05, 0) is 17.7 Å². The standard InChI is InChI=1S/C10H7Cl2N3O/c1-16-9-4-6(2-3-13-9)7-5-8(11)14-15-10(7)12/h2-5H,1H3. The molecule has 2 aromatic rings. The number of aromatic nitrogens is 3. The lowest BCUT2D eigenvalue weighted by atomic mass is 10.1. The highest BCUT2D eigenvalue weighted by Gasteiger charge is 2.08. The first-order valence-electron chi connectivity index (χ1n) is 4.40. The van der Waals surface area contributed by atoms with Crippen LogP contribution in [-0.2, 0) is 0 Å². The van der Waals surface area contributed by atoms with E-state index in [-0.39, 0.29) is 10.3 Å². The van der Waals surface area contributed by atoms with Crippen LogP contribution in [0, 0.1) is 0 Å². The van der Waals surface area contributed by atoms with Gasteiger partial charge in [-0.3, -0.25) is 0 Å². The highest BCUT2D eigenvalue weighted by atomic mass is 35.5. The van der Waals surface area contributed by atoms with Gasteiger partial charge in [-0.2, -0.15) is 0 Å². The van der Waals surface area contributed by atoms with E-state index in [1.807, 2.05) is 0 Å². The van der Waals surface area contributed by atoms with Crippen LogP contribution in [0.4, 0.5) is 0 Å². The fraction of sp³-hybridized carbons (Fsp3) is 0.100. The maximum Gasteiger partial charge on any atom is 0.213 e. The number of nitrogens with zero attached hydrogens (tertiary/aromatic N) is 3. The summed E-state index contributed by atoms with van der Waals surface area (Å²) >= 11 is 11.7. The summed E-state index contributed by atoms with van der Waals surface area (Å²) in [7, 11) is 1.55. The highest BCUT2D eigenvalue weighted by Crippen LogP contribution is 2.28. The van der Waals surface area contributed by atoms with E-state index < -0.39 is 0 Å². The molecule has 0 amide bonds. The van der Waals surface area contributed by atoms with Crippen LogP contribution in [0.15, 0.2) is 24.4 Å². The fourth-order valence-corrected chi connectivity index (χ4v) is 1.59. The van der Waals surface area contributed by atoms with Crippen molar-refractivity contribution in [2.24, 2.45) is 0 Å². The lowest BCUT2D eigenvalue weighted by molar-refractivity contribution is 0.398. The third-order valence-electron chi connectivity index (χ3n) is 1.97. The molecule has 2 rings (SSSR count). The third kappa shape index (κ3) is 2.23. The summed E-state index contributed by atoms with van der Waals surface area (Å²) in [6.07, 6.45) is 1.62. The van der Waals surface area contributed by atoms with Crippen molar-refractivity contribution in [1.29, 1.82) is 0 Å². The van der Waals surface area contributed by atoms with Crippen molar-refractivity contribution in [3.8, 4) is 17.0 Å². The van der Waals surface area contributed by atoms with Gasteiger partial charge in [0.15, 0.2) is 10.3 Å². The van der Waals surface area contributed by atoms with Gasteiger partial charge in [0.2, 0.25) is 5.88 Å². The summed E-state index contributed by atoms with van der Waals surface area (Å²) in [5.74, 6) is 0.501. The molecule has 0 bridgehead atoms. The molecule has 16 heavy (non-hydrogen) atoms. The average Bonchev–Trinajstić information content (AvgIpc) is 2.32. The van der Waals surface area contributed by atoms with Gasteiger partial charge in [-0.1, -0.05) is 23.2 Å². The van der Waals surface area contributed by atoms with Gasteiger partial charge in [0.25, 0.3) is 0 Å². The number of methoxy groups -OCH3 is 1. The second-order valence-electron chi connectivity index (χ2n) is 2.96. The molecule has 6 heteroatoms. The Morgan fingerprint density at radius 1 is 1.19 bits per heavy atom. The van der Waals surface area contributed by atoms with Gasteiger partial charge in [0.05, 0.1) is 7.11 Å². The van der Waals surface area contributed by atoms with E-state index in [0.717, 1.165) is 5.56 Å². The molecule has 0 aromatic carbocycles. The molecule has 2 heterocycles. The number of rotatable bonds is 2. The van der Waals surface area contributed by atoms with Crippen molar-refractivity contribution in [2.75, 3.05) is 7.11 Å². The normalized spacial score (nSPS) is 10.2.